The molecule has 88 valence electrons. The Kier molecular flexibility index (Phi) is 4.04. The molecule has 0 saturated heterocycles. The number of rotatable bonds is 5. The van der Waals surface area contributed by atoms with Gasteiger partial charge in [-0.3, -0.25) is 14.3 Å². The van der Waals surface area contributed by atoms with Gasteiger partial charge in [-0.05, 0) is 13.0 Å². The lowest BCUT2D eigenvalue weighted by Gasteiger charge is -1.98. The zero-order valence-electron chi connectivity index (χ0n) is 9.27. The molecule has 6 heteroatoms. The number of carboxylic acid groups (broad SMARTS) is 1. The molecule has 16 heavy (non-hydrogen) atoms. The highest BCUT2D eigenvalue weighted by molar-refractivity contribution is 5.69. The normalized spacial score (nSPS) is 10.1. The van der Waals surface area contributed by atoms with Crippen LogP contribution in [0.4, 0.5) is 0 Å². The van der Waals surface area contributed by atoms with Crippen molar-refractivity contribution >= 4 is 11.9 Å². The molecule has 0 unspecified atom stereocenters. The van der Waals surface area contributed by atoms with Gasteiger partial charge in [0.25, 0.3) is 0 Å². The molecule has 0 saturated carbocycles. The molecule has 0 aliphatic heterocycles. The van der Waals surface area contributed by atoms with E-state index in [9.17, 15) is 9.59 Å². The molecule has 1 aromatic rings. The second-order valence-electron chi connectivity index (χ2n) is 3.40. The van der Waals surface area contributed by atoms with E-state index >= 15 is 0 Å². The molecule has 0 amide bonds. The molecule has 0 radical (unpaired) electrons. The molecule has 6 nitrogen and oxygen atoms in total. The Morgan fingerprint density at radius 3 is 2.81 bits per heavy atom. The first-order valence-corrected chi connectivity index (χ1v) is 4.85. The van der Waals surface area contributed by atoms with E-state index in [4.69, 9.17) is 5.11 Å². The van der Waals surface area contributed by atoms with Crippen LogP contribution in [0.25, 0.3) is 0 Å². The maximum absolute atomic E-state index is 10.9. The molecule has 0 bridgehead atoms. The smallest absolute Gasteiger partial charge is 0.325 e. The first-order valence-electron chi connectivity index (χ1n) is 4.85. The Balaban J connectivity index is 2.62. The van der Waals surface area contributed by atoms with Gasteiger partial charge in [0.2, 0.25) is 0 Å². The Morgan fingerprint density at radius 2 is 2.25 bits per heavy atom. The van der Waals surface area contributed by atoms with Crippen molar-refractivity contribution in [3.05, 3.63) is 17.5 Å². The van der Waals surface area contributed by atoms with E-state index in [-0.39, 0.29) is 18.9 Å². The third-order valence-electron chi connectivity index (χ3n) is 2.13. The Bertz CT molecular complexity index is 398. The Labute approximate surface area is 92.8 Å². The molecule has 1 aromatic heterocycles. The molecule has 1 rings (SSSR count). The fourth-order valence-corrected chi connectivity index (χ4v) is 1.32. The quantitative estimate of drug-likeness (QED) is 0.734. The van der Waals surface area contributed by atoms with Crippen LogP contribution in [-0.2, 0) is 27.3 Å². The molecule has 0 fully saturated rings. The molecule has 0 aliphatic carbocycles. The lowest BCUT2D eigenvalue weighted by molar-refractivity contribution is -0.140. The number of methoxy groups -OCH3 is 1. The third-order valence-corrected chi connectivity index (χ3v) is 2.13. The zero-order chi connectivity index (χ0) is 12.1. The minimum Gasteiger partial charge on any atom is -0.480 e. The minimum atomic E-state index is -0.939. The van der Waals surface area contributed by atoms with Crippen LogP contribution in [0.5, 0.6) is 0 Å². The number of nitrogens with zero attached hydrogens (tertiary/aromatic N) is 2. The van der Waals surface area contributed by atoms with Crippen molar-refractivity contribution in [2.45, 2.75) is 26.3 Å². The van der Waals surface area contributed by atoms with E-state index in [0.29, 0.717) is 12.1 Å². The molecule has 0 aromatic carbocycles. The first-order chi connectivity index (χ1) is 7.52. The summed E-state index contributed by atoms with van der Waals surface area (Å²) in [6.07, 6.45) is 0.708. The van der Waals surface area contributed by atoms with Gasteiger partial charge in [0.1, 0.15) is 6.54 Å². The maximum Gasteiger partial charge on any atom is 0.325 e. The third kappa shape index (κ3) is 3.38. The molecule has 1 N–H and O–H groups in total. The van der Waals surface area contributed by atoms with Gasteiger partial charge in [-0.25, -0.2) is 0 Å². The number of carbonyl (C=O) groups excluding carboxylic acids is 1. The number of hydrogen-bond donors (Lipinski definition) is 1. The summed E-state index contributed by atoms with van der Waals surface area (Å²) in [4.78, 5) is 21.4. The average Bonchev–Trinajstić information content (AvgIpc) is 2.55. The van der Waals surface area contributed by atoms with E-state index in [1.54, 1.807) is 13.0 Å². The van der Waals surface area contributed by atoms with Crippen molar-refractivity contribution in [2.75, 3.05) is 7.11 Å². The van der Waals surface area contributed by atoms with Crippen molar-refractivity contribution in [3.63, 3.8) is 0 Å². The summed E-state index contributed by atoms with van der Waals surface area (Å²) >= 11 is 0. The van der Waals surface area contributed by atoms with Crippen LogP contribution in [-0.4, -0.2) is 33.9 Å². The Morgan fingerprint density at radius 1 is 1.56 bits per heavy atom. The first kappa shape index (κ1) is 12.2. The van der Waals surface area contributed by atoms with Crippen LogP contribution < -0.4 is 0 Å². The second kappa shape index (κ2) is 5.29. The van der Waals surface area contributed by atoms with Gasteiger partial charge >= 0.3 is 11.9 Å². The van der Waals surface area contributed by atoms with Crippen LogP contribution in [0, 0.1) is 6.92 Å². The molecule has 0 atom stereocenters. The van der Waals surface area contributed by atoms with Crippen molar-refractivity contribution in [1.29, 1.82) is 0 Å². The minimum absolute atomic E-state index is 0.163. The Hall–Kier alpha value is -1.85. The number of carboxylic acids is 1. The second-order valence-corrected chi connectivity index (χ2v) is 3.40. The van der Waals surface area contributed by atoms with E-state index < -0.39 is 5.97 Å². The van der Waals surface area contributed by atoms with Crippen LogP contribution in [0.3, 0.4) is 0 Å². The van der Waals surface area contributed by atoms with Gasteiger partial charge in [-0.2, -0.15) is 5.10 Å². The zero-order valence-corrected chi connectivity index (χ0v) is 9.27. The predicted molar refractivity (Wildman–Crippen MR) is 54.9 cm³/mol. The van der Waals surface area contributed by atoms with Crippen LogP contribution in [0.2, 0.25) is 0 Å². The summed E-state index contributed by atoms with van der Waals surface area (Å²) in [7, 11) is 1.33. The molecular weight excluding hydrogens is 212 g/mol. The van der Waals surface area contributed by atoms with Gasteiger partial charge in [0, 0.05) is 12.1 Å². The van der Waals surface area contributed by atoms with E-state index in [1.807, 2.05) is 0 Å². The lowest BCUT2D eigenvalue weighted by Crippen LogP contribution is -2.11. The van der Waals surface area contributed by atoms with E-state index in [1.165, 1.54) is 11.8 Å². The largest absolute Gasteiger partial charge is 0.480 e. The maximum atomic E-state index is 10.9. The predicted octanol–water partition coefficient (Wildman–Crippen LogP) is 0.382. The van der Waals surface area contributed by atoms with Crippen molar-refractivity contribution in [2.24, 2.45) is 0 Å². The average molecular weight is 226 g/mol. The topological polar surface area (TPSA) is 81.4 Å². The summed E-state index contributed by atoms with van der Waals surface area (Å²) in [6, 6.07) is 1.77. The summed E-state index contributed by atoms with van der Waals surface area (Å²) in [6.45, 7) is 1.61. The fourth-order valence-electron chi connectivity index (χ4n) is 1.32. The highest BCUT2D eigenvalue weighted by Crippen LogP contribution is 2.06. The molecule has 0 spiro atoms. The van der Waals surface area contributed by atoms with Crippen molar-refractivity contribution < 1.29 is 19.4 Å². The van der Waals surface area contributed by atoms with Crippen molar-refractivity contribution in [3.8, 4) is 0 Å². The standard InChI is InChI=1S/C10H14N2O4/c1-7-5-8(3-4-10(15)16-2)11-12(7)6-9(13)14/h5H,3-4,6H2,1-2H3,(H,13,14). The fraction of sp³-hybridized carbons (Fsp3) is 0.500. The van der Waals surface area contributed by atoms with Gasteiger partial charge in [0.05, 0.1) is 19.2 Å². The summed E-state index contributed by atoms with van der Waals surface area (Å²) < 4.78 is 5.90. The number of ether oxygens (including phenoxy) is 1. The van der Waals surface area contributed by atoms with Crippen LogP contribution in [0.15, 0.2) is 6.07 Å². The number of aryl methyl sites for hydroxylation is 2. The van der Waals surface area contributed by atoms with Crippen LogP contribution >= 0.6 is 0 Å². The van der Waals surface area contributed by atoms with Crippen LogP contribution in [0.1, 0.15) is 17.8 Å². The highest BCUT2D eigenvalue weighted by atomic mass is 16.5. The highest BCUT2D eigenvalue weighted by Gasteiger charge is 2.09. The number of aliphatic carboxylic acids is 1. The lowest BCUT2D eigenvalue weighted by atomic mass is 10.2. The number of carbonyl (C=O) groups is 2. The summed E-state index contributed by atoms with van der Waals surface area (Å²) in [5.74, 6) is -1.24. The van der Waals surface area contributed by atoms with Crippen molar-refractivity contribution in [1.82, 2.24) is 9.78 Å². The number of esters is 1. The van der Waals surface area contributed by atoms with Gasteiger partial charge in [0.15, 0.2) is 0 Å². The molecule has 1 heterocycles. The monoisotopic (exact) mass is 226 g/mol. The SMILES string of the molecule is COC(=O)CCc1cc(C)n(CC(=O)O)n1. The van der Waals surface area contributed by atoms with Gasteiger partial charge in [-0.1, -0.05) is 0 Å². The molecule has 0 aliphatic rings. The summed E-state index contributed by atoms with van der Waals surface area (Å²) in [5, 5.41) is 12.7. The van der Waals surface area contributed by atoms with Gasteiger partial charge < -0.3 is 9.84 Å². The summed E-state index contributed by atoms with van der Waals surface area (Å²) in [5.41, 5.74) is 1.46. The number of aromatic nitrogens is 2. The van der Waals surface area contributed by atoms with E-state index in [2.05, 4.69) is 9.84 Å². The van der Waals surface area contributed by atoms with Gasteiger partial charge in [-0.15, -0.1) is 0 Å². The molecular formula is C10H14N2O4. The van der Waals surface area contributed by atoms with E-state index in [0.717, 1.165) is 5.69 Å². The number of hydrogen-bond acceptors (Lipinski definition) is 4.